The lowest BCUT2D eigenvalue weighted by molar-refractivity contribution is 0.114. The smallest absolute Gasteiger partial charge is 0.125 e. The first-order chi connectivity index (χ1) is 6.61. The summed E-state index contributed by atoms with van der Waals surface area (Å²) >= 11 is 6.11. The molecule has 0 bridgehead atoms. The van der Waals surface area contributed by atoms with Crippen molar-refractivity contribution in [1.29, 1.82) is 0 Å². The second-order valence-corrected chi connectivity index (χ2v) is 4.08. The average molecular weight is 213 g/mol. The van der Waals surface area contributed by atoms with Gasteiger partial charge in [-0.05, 0) is 31.0 Å². The Labute approximate surface area is 88.5 Å². The zero-order valence-corrected chi connectivity index (χ0v) is 9.06. The van der Waals surface area contributed by atoms with Crippen LogP contribution in [0.2, 0.25) is 5.02 Å². The van der Waals surface area contributed by atoms with E-state index >= 15 is 0 Å². The lowest BCUT2D eigenvalue weighted by atomic mass is 9.96. The van der Waals surface area contributed by atoms with E-state index in [-0.39, 0.29) is 0 Å². The van der Waals surface area contributed by atoms with Gasteiger partial charge in [0.1, 0.15) is 5.75 Å². The number of fused-ring (bicyclic) bond motifs is 1. The third kappa shape index (κ3) is 1.39. The Morgan fingerprint density at radius 1 is 1.50 bits per heavy atom. The van der Waals surface area contributed by atoms with Gasteiger partial charge >= 0.3 is 0 Å². The van der Waals surface area contributed by atoms with Crippen LogP contribution < -0.4 is 4.74 Å². The molecular weight excluding hydrogens is 200 g/mol. The van der Waals surface area contributed by atoms with Gasteiger partial charge in [-0.15, -0.1) is 0 Å². The van der Waals surface area contributed by atoms with Crippen LogP contribution in [0.15, 0.2) is 6.07 Å². The monoisotopic (exact) mass is 212 g/mol. The Bertz CT molecular complexity index is 374. The summed E-state index contributed by atoms with van der Waals surface area (Å²) in [4.78, 5) is 0. The number of halogens is 1. The van der Waals surface area contributed by atoms with E-state index in [0.717, 1.165) is 27.5 Å². The molecule has 1 heterocycles. The van der Waals surface area contributed by atoms with Crippen LogP contribution in [0.4, 0.5) is 0 Å². The van der Waals surface area contributed by atoms with Gasteiger partial charge in [-0.2, -0.15) is 0 Å². The van der Waals surface area contributed by atoms with Crippen LogP contribution in [0, 0.1) is 13.8 Å². The summed E-state index contributed by atoms with van der Waals surface area (Å²) in [6, 6.07) is 1.90. The molecule has 1 aliphatic heterocycles. The maximum Gasteiger partial charge on any atom is 0.125 e. The van der Waals surface area contributed by atoms with Gasteiger partial charge in [-0.25, -0.2) is 0 Å². The molecule has 1 N–H and O–H groups in total. The lowest BCUT2D eigenvalue weighted by Crippen LogP contribution is -2.15. The van der Waals surface area contributed by atoms with Gasteiger partial charge in [0.2, 0.25) is 0 Å². The van der Waals surface area contributed by atoms with E-state index in [9.17, 15) is 5.11 Å². The Morgan fingerprint density at radius 2 is 2.21 bits per heavy atom. The number of aryl methyl sites for hydroxylation is 1. The second-order valence-electron chi connectivity index (χ2n) is 3.70. The number of hydrogen-bond donors (Lipinski definition) is 1. The number of aliphatic hydroxyl groups excluding tert-OH is 1. The molecule has 1 aliphatic rings. The molecule has 2 nitrogen and oxygen atoms in total. The van der Waals surface area contributed by atoms with Gasteiger partial charge < -0.3 is 9.84 Å². The van der Waals surface area contributed by atoms with Crippen LogP contribution in [0.1, 0.15) is 29.2 Å². The van der Waals surface area contributed by atoms with Crippen molar-refractivity contribution in [2.45, 2.75) is 26.4 Å². The normalized spacial score (nSPS) is 20.1. The van der Waals surface area contributed by atoms with Crippen LogP contribution in [0.25, 0.3) is 0 Å². The fraction of sp³-hybridized carbons (Fsp3) is 0.455. The summed E-state index contributed by atoms with van der Waals surface area (Å²) < 4.78 is 5.49. The summed E-state index contributed by atoms with van der Waals surface area (Å²) in [5, 5.41) is 10.5. The second kappa shape index (κ2) is 3.44. The molecule has 76 valence electrons. The van der Waals surface area contributed by atoms with Crippen LogP contribution >= 0.6 is 11.6 Å². The SMILES string of the molecule is Cc1cc2c(c(C)c1Cl)C(O)CCO2. The van der Waals surface area contributed by atoms with Crippen molar-refractivity contribution in [1.82, 2.24) is 0 Å². The lowest BCUT2D eigenvalue weighted by Gasteiger charge is -2.25. The van der Waals surface area contributed by atoms with Gasteiger partial charge in [0.05, 0.1) is 12.7 Å². The predicted octanol–water partition coefficient (Wildman–Crippen LogP) is 2.77. The molecule has 0 aromatic heterocycles. The number of benzene rings is 1. The Kier molecular flexibility index (Phi) is 2.41. The van der Waals surface area contributed by atoms with Crippen molar-refractivity contribution in [2.24, 2.45) is 0 Å². The topological polar surface area (TPSA) is 29.5 Å². The molecule has 1 unspecified atom stereocenters. The minimum Gasteiger partial charge on any atom is -0.493 e. The molecular formula is C11H13ClO2. The third-order valence-electron chi connectivity index (χ3n) is 2.67. The molecule has 0 radical (unpaired) electrons. The van der Waals surface area contributed by atoms with E-state index in [1.165, 1.54) is 0 Å². The minimum atomic E-state index is -0.433. The van der Waals surface area contributed by atoms with Crippen molar-refractivity contribution < 1.29 is 9.84 Å². The third-order valence-corrected chi connectivity index (χ3v) is 3.26. The van der Waals surface area contributed by atoms with Gasteiger partial charge in [0.15, 0.2) is 0 Å². The predicted molar refractivity (Wildman–Crippen MR) is 56.0 cm³/mol. The maximum atomic E-state index is 9.82. The first-order valence-electron chi connectivity index (χ1n) is 4.71. The van der Waals surface area contributed by atoms with Crippen LogP contribution in [-0.4, -0.2) is 11.7 Å². The summed E-state index contributed by atoms with van der Waals surface area (Å²) in [6.45, 7) is 4.45. The molecule has 0 saturated heterocycles. The minimum absolute atomic E-state index is 0.433. The van der Waals surface area contributed by atoms with Crippen LogP contribution in [0.3, 0.4) is 0 Å². The number of ether oxygens (including phenoxy) is 1. The van der Waals surface area contributed by atoms with E-state index in [2.05, 4.69) is 0 Å². The average Bonchev–Trinajstić information content (AvgIpc) is 2.14. The van der Waals surface area contributed by atoms with Crippen molar-refractivity contribution >= 4 is 11.6 Å². The molecule has 14 heavy (non-hydrogen) atoms. The molecule has 0 saturated carbocycles. The highest BCUT2D eigenvalue weighted by atomic mass is 35.5. The summed E-state index contributed by atoms with van der Waals surface area (Å²) in [5.41, 5.74) is 2.79. The standard InChI is InChI=1S/C11H13ClO2/c1-6-5-9-10(7(2)11(6)12)8(13)3-4-14-9/h5,8,13H,3-4H2,1-2H3. The van der Waals surface area contributed by atoms with Crippen molar-refractivity contribution in [3.63, 3.8) is 0 Å². The Morgan fingerprint density at radius 3 is 2.93 bits per heavy atom. The number of rotatable bonds is 0. The molecule has 1 aromatic rings. The molecule has 3 heteroatoms. The quantitative estimate of drug-likeness (QED) is 0.717. The van der Waals surface area contributed by atoms with Crippen LogP contribution in [0.5, 0.6) is 5.75 Å². The zero-order valence-electron chi connectivity index (χ0n) is 8.30. The number of aliphatic hydroxyl groups is 1. The molecule has 0 amide bonds. The van der Waals surface area contributed by atoms with Crippen molar-refractivity contribution in [2.75, 3.05) is 6.61 Å². The molecule has 1 atom stereocenters. The Balaban J connectivity index is 2.64. The Hall–Kier alpha value is -0.730. The maximum absolute atomic E-state index is 9.82. The summed E-state index contributed by atoms with van der Waals surface area (Å²) in [6.07, 6.45) is 0.213. The van der Waals surface area contributed by atoms with E-state index in [0.29, 0.717) is 13.0 Å². The fourth-order valence-corrected chi connectivity index (χ4v) is 2.05. The summed E-state index contributed by atoms with van der Waals surface area (Å²) in [5.74, 6) is 0.781. The highest BCUT2D eigenvalue weighted by Crippen LogP contribution is 2.39. The molecule has 0 aliphatic carbocycles. The fourth-order valence-electron chi connectivity index (χ4n) is 1.89. The number of hydrogen-bond acceptors (Lipinski definition) is 2. The largest absolute Gasteiger partial charge is 0.493 e. The molecule has 2 rings (SSSR count). The highest BCUT2D eigenvalue weighted by Gasteiger charge is 2.23. The van der Waals surface area contributed by atoms with Gasteiger partial charge in [-0.3, -0.25) is 0 Å². The van der Waals surface area contributed by atoms with Gasteiger partial charge in [0.25, 0.3) is 0 Å². The molecule has 1 aromatic carbocycles. The highest BCUT2D eigenvalue weighted by molar-refractivity contribution is 6.32. The van der Waals surface area contributed by atoms with E-state index < -0.39 is 6.10 Å². The van der Waals surface area contributed by atoms with Gasteiger partial charge in [-0.1, -0.05) is 11.6 Å². The first kappa shape index (κ1) is 9.81. The van der Waals surface area contributed by atoms with E-state index in [1.54, 1.807) is 0 Å². The van der Waals surface area contributed by atoms with Crippen molar-refractivity contribution in [3.8, 4) is 5.75 Å². The van der Waals surface area contributed by atoms with Crippen LogP contribution in [-0.2, 0) is 0 Å². The molecule has 0 fully saturated rings. The van der Waals surface area contributed by atoms with E-state index in [4.69, 9.17) is 16.3 Å². The first-order valence-corrected chi connectivity index (χ1v) is 5.09. The van der Waals surface area contributed by atoms with Crippen molar-refractivity contribution in [3.05, 3.63) is 27.8 Å². The zero-order chi connectivity index (χ0) is 10.3. The van der Waals surface area contributed by atoms with Gasteiger partial charge in [0, 0.05) is 17.0 Å². The molecule has 0 spiro atoms. The van der Waals surface area contributed by atoms with E-state index in [1.807, 2.05) is 19.9 Å². The summed E-state index contributed by atoms with van der Waals surface area (Å²) in [7, 11) is 0.